The van der Waals surface area contributed by atoms with Gasteiger partial charge in [0.25, 0.3) is 0 Å². The molecule has 1 aromatic heterocycles. The van der Waals surface area contributed by atoms with Gasteiger partial charge in [-0.05, 0) is 37.4 Å². The van der Waals surface area contributed by atoms with Crippen molar-refractivity contribution in [1.82, 2.24) is 5.32 Å². The van der Waals surface area contributed by atoms with E-state index in [-0.39, 0.29) is 12.4 Å². The van der Waals surface area contributed by atoms with E-state index in [9.17, 15) is 4.79 Å². The third kappa shape index (κ3) is 3.18. The van der Waals surface area contributed by atoms with Gasteiger partial charge in [0.2, 0.25) is 5.78 Å². The van der Waals surface area contributed by atoms with Gasteiger partial charge in [0.15, 0.2) is 5.76 Å². The van der Waals surface area contributed by atoms with E-state index in [0.717, 1.165) is 13.1 Å². The van der Waals surface area contributed by atoms with Crippen molar-refractivity contribution >= 4 is 5.78 Å². The first-order valence-electron chi connectivity index (χ1n) is 5.71. The number of ketones is 1. The average Bonchev–Trinajstić information content (AvgIpc) is 2.84. The number of piperidine rings is 1. The highest BCUT2D eigenvalue weighted by Crippen LogP contribution is 2.10. The van der Waals surface area contributed by atoms with Crippen molar-refractivity contribution in [3.8, 4) is 0 Å². The lowest BCUT2D eigenvalue weighted by Gasteiger charge is -2.22. The van der Waals surface area contributed by atoms with Crippen LogP contribution >= 0.6 is 0 Å². The van der Waals surface area contributed by atoms with Crippen LogP contribution in [0.1, 0.15) is 23.4 Å². The number of ether oxygens (including phenoxy) is 1. The van der Waals surface area contributed by atoms with E-state index in [4.69, 9.17) is 9.15 Å². The molecule has 2 rings (SSSR count). The van der Waals surface area contributed by atoms with Gasteiger partial charge in [-0.1, -0.05) is 0 Å². The quantitative estimate of drug-likeness (QED) is 0.768. The zero-order valence-corrected chi connectivity index (χ0v) is 9.28. The topological polar surface area (TPSA) is 51.5 Å². The Morgan fingerprint density at radius 2 is 2.56 bits per heavy atom. The lowest BCUT2D eigenvalue weighted by molar-refractivity contribution is 0.0623. The summed E-state index contributed by atoms with van der Waals surface area (Å²) in [5.41, 5.74) is 0. The molecule has 1 atom stereocenters. The number of rotatable bonds is 5. The van der Waals surface area contributed by atoms with Crippen molar-refractivity contribution in [2.24, 2.45) is 5.92 Å². The van der Waals surface area contributed by atoms with Crippen molar-refractivity contribution in [1.29, 1.82) is 0 Å². The monoisotopic (exact) mass is 223 g/mol. The van der Waals surface area contributed by atoms with E-state index < -0.39 is 0 Å². The molecule has 0 saturated carbocycles. The van der Waals surface area contributed by atoms with Gasteiger partial charge in [-0.2, -0.15) is 0 Å². The van der Waals surface area contributed by atoms with Crippen LogP contribution in [0.3, 0.4) is 0 Å². The third-order valence-corrected chi connectivity index (χ3v) is 2.78. The largest absolute Gasteiger partial charge is 0.461 e. The third-order valence-electron chi connectivity index (χ3n) is 2.78. The van der Waals surface area contributed by atoms with E-state index in [1.165, 1.54) is 19.1 Å². The second-order valence-electron chi connectivity index (χ2n) is 4.13. The molecular formula is C12H17NO3. The maximum atomic E-state index is 11.5. The van der Waals surface area contributed by atoms with Gasteiger partial charge in [-0.15, -0.1) is 0 Å². The molecular weight excluding hydrogens is 206 g/mol. The first-order valence-corrected chi connectivity index (χ1v) is 5.71. The van der Waals surface area contributed by atoms with Gasteiger partial charge < -0.3 is 14.5 Å². The van der Waals surface area contributed by atoms with Gasteiger partial charge in [0.05, 0.1) is 12.9 Å². The average molecular weight is 223 g/mol. The molecule has 4 heteroatoms. The Morgan fingerprint density at radius 3 is 3.25 bits per heavy atom. The highest BCUT2D eigenvalue weighted by molar-refractivity contribution is 5.94. The first-order chi connectivity index (χ1) is 7.86. The molecule has 1 aliphatic rings. The van der Waals surface area contributed by atoms with Crippen molar-refractivity contribution < 1.29 is 13.9 Å². The molecule has 0 aromatic carbocycles. The number of carbonyl (C=O) groups is 1. The standard InChI is InChI=1S/C12H17NO3/c14-11(12-4-2-6-16-12)9-15-8-10-3-1-5-13-7-10/h2,4,6,10,13H,1,3,5,7-9H2. The Labute approximate surface area is 95.0 Å². The van der Waals surface area contributed by atoms with E-state index in [1.54, 1.807) is 12.1 Å². The van der Waals surface area contributed by atoms with Crippen molar-refractivity contribution in [3.63, 3.8) is 0 Å². The maximum absolute atomic E-state index is 11.5. The van der Waals surface area contributed by atoms with Gasteiger partial charge >= 0.3 is 0 Å². The molecule has 16 heavy (non-hydrogen) atoms. The molecule has 2 heterocycles. The number of hydrogen-bond acceptors (Lipinski definition) is 4. The van der Waals surface area contributed by atoms with Crippen LogP contribution in [-0.2, 0) is 4.74 Å². The van der Waals surface area contributed by atoms with Crippen LogP contribution in [0.25, 0.3) is 0 Å². The van der Waals surface area contributed by atoms with Crippen LogP contribution in [0.4, 0.5) is 0 Å². The molecule has 0 amide bonds. The fourth-order valence-electron chi connectivity index (χ4n) is 1.89. The minimum Gasteiger partial charge on any atom is -0.461 e. The molecule has 88 valence electrons. The zero-order chi connectivity index (χ0) is 11.2. The maximum Gasteiger partial charge on any atom is 0.223 e. The summed E-state index contributed by atoms with van der Waals surface area (Å²) in [5, 5.41) is 3.32. The van der Waals surface area contributed by atoms with Crippen LogP contribution in [0.15, 0.2) is 22.8 Å². The summed E-state index contributed by atoms with van der Waals surface area (Å²) in [5.74, 6) is 0.827. The smallest absolute Gasteiger partial charge is 0.223 e. The number of furan rings is 1. The van der Waals surface area contributed by atoms with Crippen LogP contribution in [0.5, 0.6) is 0 Å². The second kappa shape index (κ2) is 5.82. The molecule has 1 unspecified atom stereocenters. The van der Waals surface area contributed by atoms with Crippen LogP contribution in [0.2, 0.25) is 0 Å². The van der Waals surface area contributed by atoms with Gasteiger partial charge in [0.1, 0.15) is 6.61 Å². The number of hydrogen-bond donors (Lipinski definition) is 1. The predicted octanol–water partition coefficient (Wildman–Crippen LogP) is 1.48. The SMILES string of the molecule is O=C(COCC1CCCNC1)c1ccco1. The van der Waals surface area contributed by atoms with Crippen molar-refractivity contribution in [2.75, 3.05) is 26.3 Å². The zero-order valence-electron chi connectivity index (χ0n) is 9.28. The molecule has 0 spiro atoms. The van der Waals surface area contributed by atoms with Gasteiger partial charge in [-0.25, -0.2) is 0 Å². The molecule has 1 aliphatic heterocycles. The number of Topliss-reactive ketones (excluding diaryl/α,β-unsaturated/α-hetero) is 1. The van der Waals surface area contributed by atoms with Gasteiger partial charge in [-0.3, -0.25) is 4.79 Å². The molecule has 1 saturated heterocycles. The summed E-state index contributed by atoms with van der Waals surface area (Å²) in [6, 6.07) is 3.37. The normalized spacial score (nSPS) is 20.9. The van der Waals surface area contributed by atoms with Crippen LogP contribution < -0.4 is 5.32 Å². The minimum absolute atomic E-state index is 0.0891. The highest BCUT2D eigenvalue weighted by Gasteiger charge is 2.14. The lowest BCUT2D eigenvalue weighted by atomic mass is 10.0. The Kier molecular flexibility index (Phi) is 4.13. The molecule has 0 bridgehead atoms. The Bertz CT molecular complexity index is 315. The van der Waals surface area contributed by atoms with Crippen molar-refractivity contribution in [3.05, 3.63) is 24.2 Å². The first kappa shape index (κ1) is 11.4. The van der Waals surface area contributed by atoms with Crippen molar-refractivity contribution in [2.45, 2.75) is 12.8 Å². The van der Waals surface area contributed by atoms with Gasteiger partial charge in [0, 0.05) is 6.54 Å². The fourth-order valence-corrected chi connectivity index (χ4v) is 1.89. The summed E-state index contributed by atoms with van der Waals surface area (Å²) in [7, 11) is 0. The predicted molar refractivity (Wildman–Crippen MR) is 59.5 cm³/mol. The van der Waals surface area contributed by atoms with Crippen LogP contribution in [-0.4, -0.2) is 32.1 Å². The molecule has 4 nitrogen and oxygen atoms in total. The lowest BCUT2D eigenvalue weighted by Crippen LogP contribution is -2.32. The summed E-state index contributed by atoms with van der Waals surface area (Å²) in [6.07, 6.45) is 3.88. The van der Waals surface area contributed by atoms with E-state index in [1.807, 2.05) is 0 Å². The molecule has 1 fully saturated rings. The minimum atomic E-state index is -0.0891. The number of carbonyl (C=O) groups excluding carboxylic acids is 1. The Balaban J connectivity index is 1.66. The highest BCUT2D eigenvalue weighted by atomic mass is 16.5. The van der Waals surface area contributed by atoms with E-state index >= 15 is 0 Å². The molecule has 1 N–H and O–H groups in total. The second-order valence-corrected chi connectivity index (χ2v) is 4.13. The molecule has 0 radical (unpaired) electrons. The summed E-state index contributed by atoms with van der Waals surface area (Å²) in [6.45, 7) is 2.86. The fraction of sp³-hybridized carbons (Fsp3) is 0.583. The summed E-state index contributed by atoms with van der Waals surface area (Å²) in [4.78, 5) is 11.5. The molecule has 1 aromatic rings. The summed E-state index contributed by atoms with van der Waals surface area (Å²) < 4.78 is 10.4. The van der Waals surface area contributed by atoms with E-state index in [0.29, 0.717) is 18.3 Å². The number of nitrogens with one attached hydrogen (secondary N) is 1. The Morgan fingerprint density at radius 1 is 1.62 bits per heavy atom. The van der Waals surface area contributed by atoms with E-state index in [2.05, 4.69) is 5.32 Å². The molecule has 0 aliphatic carbocycles. The van der Waals surface area contributed by atoms with Crippen LogP contribution in [0, 0.1) is 5.92 Å². The Hall–Kier alpha value is -1.13. The summed E-state index contributed by atoms with van der Waals surface area (Å²) >= 11 is 0.